The molecule has 2 N–H and O–H groups in total. The lowest BCUT2D eigenvalue weighted by atomic mass is 9.68. The molecule has 3 aliphatic rings. The molecule has 2 aromatic rings. The molecular formula is C25H37N3O3. The molecule has 6 heteroatoms. The van der Waals surface area contributed by atoms with Crippen molar-refractivity contribution in [1.29, 1.82) is 0 Å². The fraction of sp³-hybridized carbons (Fsp3) is 0.720. The number of aliphatic hydroxyl groups is 2. The molecule has 2 bridgehead atoms. The number of piperidine rings is 1. The molecule has 1 aliphatic heterocycles. The normalized spacial score (nSPS) is 29.7. The molecule has 0 spiro atoms. The van der Waals surface area contributed by atoms with E-state index in [1.54, 1.807) is 4.57 Å². The average molecular weight is 428 g/mol. The highest BCUT2D eigenvalue weighted by atomic mass is 16.3. The molecule has 3 fully saturated rings. The third-order valence-corrected chi connectivity index (χ3v) is 8.90. The highest BCUT2D eigenvalue weighted by molar-refractivity contribution is 5.76. The predicted molar refractivity (Wildman–Crippen MR) is 122 cm³/mol. The van der Waals surface area contributed by atoms with Crippen LogP contribution < -0.4 is 5.69 Å². The molecule has 170 valence electrons. The number of benzene rings is 1. The number of rotatable bonds is 6. The number of nitrogens with zero attached hydrogens (tertiary/aromatic N) is 3. The summed E-state index contributed by atoms with van der Waals surface area (Å²) in [7, 11) is 0. The molecule has 0 radical (unpaired) electrons. The van der Waals surface area contributed by atoms with Crippen LogP contribution in [0.5, 0.6) is 0 Å². The van der Waals surface area contributed by atoms with Gasteiger partial charge < -0.3 is 15.1 Å². The van der Waals surface area contributed by atoms with Crippen LogP contribution in [-0.4, -0.2) is 56.6 Å². The van der Waals surface area contributed by atoms with E-state index in [1.165, 1.54) is 25.8 Å². The SMILES string of the molecule is CC1(C)[C@H]2CC[C@@H](C2)[C@H]1CN1CCC(n2c(=O)n(CC(O)CO)c3ccccc32)CC1. The average Bonchev–Trinajstić information content (AvgIpc) is 3.42. The van der Waals surface area contributed by atoms with Crippen molar-refractivity contribution in [2.24, 2.45) is 23.2 Å². The number of fused-ring (bicyclic) bond motifs is 3. The fourth-order valence-electron chi connectivity index (χ4n) is 7.02. The number of aliphatic hydroxyl groups excluding tert-OH is 2. The molecule has 1 saturated heterocycles. The Balaban J connectivity index is 1.32. The van der Waals surface area contributed by atoms with E-state index in [9.17, 15) is 15.0 Å². The molecule has 1 aromatic carbocycles. The van der Waals surface area contributed by atoms with E-state index in [4.69, 9.17) is 0 Å². The summed E-state index contributed by atoms with van der Waals surface area (Å²) in [5, 5.41) is 19.2. The summed E-state index contributed by atoms with van der Waals surface area (Å²) in [6.45, 7) is 8.05. The van der Waals surface area contributed by atoms with Crippen molar-refractivity contribution in [3.63, 3.8) is 0 Å². The van der Waals surface area contributed by atoms with Gasteiger partial charge in [0.15, 0.2) is 0 Å². The van der Waals surface area contributed by atoms with Crippen molar-refractivity contribution in [3.8, 4) is 0 Å². The van der Waals surface area contributed by atoms with Crippen molar-refractivity contribution in [2.45, 2.75) is 64.6 Å². The van der Waals surface area contributed by atoms with Crippen molar-refractivity contribution in [1.82, 2.24) is 14.0 Å². The summed E-state index contributed by atoms with van der Waals surface area (Å²) in [5.74, 6) is 2.64. The molecule has 31 heavy (non-hydrogen) atoms. The van der Waals surface area contributed by atoms with Gasteiger partial charge >= 0.3 is 5.69 Å². The number of hydrogen-bond donors (Lipinski definition) is 2. The second kappa shape index (κ2) is 8.05. The van der Waals surface area contributed by atoms with Crippen LogP contribution >= 0.6 is 0 Å². The molecule has 2 heterocycles. The van der Waals surface area contributed by atoms with E-state index in [2.05, 4.69) is 18.7 Å². The summed E-state index contributed by atoms with van der Waals surface area (Å²) in [5.41, 5.74) is 2.18. The van der Waals surface area contributed by atoms with Gasteiger partial charge in [-0.15, -0.1) is 0 Å². The largest absolute Gasteiger partial charge is 0.394 e. The van der Waals surface area contributed by atoms with Gasteiger partial charge in [0.25, 0.3) is 0 Å². The Labute approximate surface area is 184 Å². The van der Waals surface area contributed by atoms with Gasteiger partial charge in [-0.3, -0.25) is 9.13 Å². The summed E-state index contributed by atoms with van der Waals surface area (Å²) in [6.07, 6.45) is 5.32. The minimum atomic E-state index is -0.927. The third kappa shape index (κ3) is 3.57. The second-order valence-electron chi connectivity index (χ2n) is 10.8. The first-order valence-corrected chi connectivity index (χ1v) is 12.1. The Kier molecular flexibility index (Phi) is 5.51. The zero-order valence-electron chi connectivity index (χ0n) is 18.9. The summed E-state index contributed by atoms with van der Waals surface area (Å²) in [6, 6.07) is 8.02. The van der Waals surface area contributed by atoms with E-state index < -0.39 is 6.10 Å². The third-order valence-electron chi connectivity index (χ3n) is 8.90. The van der Waals surface area contributed by atoms with Crippen molar-refractivity contribution in [3.05, 3.63) is 34.7 Å². The number of para-hydroxylation sites is 2. The molecule has 1 aromatic heterocycles. The Bertz CT molecular complexity index is 986. The number of aromatic nitrogens is 2. The summed E-state index contributed by atoms with van der Waals surface area (Å²) < 4.78 is 3.57. The van der Waals surface area contributed by atoms with Crippen LogP contribution in [0, 0.1) is 23.2 Å². The van der Waals surface area contributed by atoms with E-state index in [0.29, 0.717) is 5.41 Å². The number of likely N-dealkylation sites (tertiary alicyclic amines) is 1. The fourth-order valence-corrected chi connectivity index (χ4v) is 7.02. The topological polar surface area (TPSA) is 70.6 Å². The van der Waals surface area contributed by atoms with Gasteiger partial charge in [0.2, 0.25) is 0 Å². The zero-order chi connectivity index (χ0) is 21.8. The van der Waals surface area contributed by atoms with Gasteiger partial charge in [-0.25, -0.2) is 4.79 Å². The minimum Gasteiger partial charge on any atom is -0.394 e. The molecule has 2 aliphatic carbocycles. The van der Waals surface area contributed by atoms with Crippen LogP contribution in [0.2, 0.25) is 0 Å². The van der Waals surface area contributed by atoms with Crippen LogP contribution in [0.25, 0.3) is 11.0 Å². The van der Waals surface area contributed by atoms with E-state index >= 15 is 0 Å². The first kappa shape index (κ1) is 21.2. The molecule has 4 atom stereocenters. The Morgan fingerprint density at radius 1 is 1.10 bits per heavy atom. The zero-order valence-corrected chi connectivity index (χ0v) is 18.9. The maximum atomic E-state index is 13.3. The van der Waals surface area contributed by atoms with Gasteiger partial charge in [0.05, 0.1) is 30.3 Å². The lowest BCUT2D eigenvalue weighted by Gasteiger charge is -2.42. The van der Waals surface area contributed by atoms with Crippen LogP contribution in [-0.2, 0) is 6.54 Å². The lowest BCUT2D eigenvalue weighted by molar-refractivity contribution is 0.0643. The van der Waals surface area contributed by atoms with E-state index in [0.717, 1.165) is 54.7 Å². The van der Waals surface area contributed by atoms with Gasteiger partial charge in [-0.1, -0.05) is 26.0 Å². The Morgan fingerprint density at radius 2 is 1.81 bits per heavy atom. The van der Waals surface area contributed by atoms with Crippen molar-refractivity contribution in [2.75, 3.05) is 26.2 Å². The van der Waals surface area contributed by atoms with Crippen molar-refractivity contribution < 1.29 is 10.2 Å². The Morgan fingerprint density at radius 3 is 2.45 bits per heavy atom. The van der Waals surface area contributed by atoms with Crippen molar-refractivity contribution >= 4 is 11.0 Å². The molecular weight excluding hydrogens is 390 g/mol. The summed E-state index contributed by atoms with van der Waals surface area (Å²) >= 11 is 0. The lowest BCUT2D eigenvalue weighted by Crippen LogP contribution is -2.44. The molecule has 2 saturated carbocycles. The second-order valence-corrected chi connectivity index (χ2v) is 10.8. The minimum absolute atomic E-state index is 0.0682. The van der Waals surface area contributed by atoms with Crippen LogP contribution in [0.3, 0.4) is 0 Å². The smallest absolute Gasteiger partial charge is 0.329 e. The Hall–Kier alpha value is -1.63. The maximum absolute atomic E-state index is 13.3. The highest BCUT2D eigenvalue weighted by Gasteiger charge is 2.52. The van der Waals surface area contributed by atoms with Gasteiger partial charge in [0.1, 0.15) is 0 Å². The van der Waals surface area contributed by atoms with E-state index in [1.807, 2.05) is 28.8 Å². The molecule has 0 amide bonds. The molecule has 1 unspecified atom stereocenters. The van der Waals surface area contributed by atoms with Crippen LogP contribution in [0.1, 0.15) is 52.0 Å². The number of hydrogen-bond acceptors (Lipinski definition) is 4. The first-order valence-electron chi connectivity index (χ1n) is 12.1. The molecule has 6 nitrogen and oxygen atoms in total. The number of imidazole rings is 1. The standard InChI is InChI=1S/C25H37N3O3/c1-25(2)18-8-7-17(13-18)21(25)15-26-11-9-19(10-12-26)28-23-6-4-3-5-22(23)27(24(28)31)14-20(30)16-29/h3-6,17-21,29-30H,7-16H2,1-2H3/t17-,18-,20?,21+/m0/s1. The van der Waals surface area contributed by atoms with E-state index in [-0.39, 0.29) is 24.9 Å². The maximum Gasteiger partial charge on any atom is 0.329 e. The van der Waals surface area contributed by atoms with Gasteiger partial charge in [-0.2, -0.15) is 0 Å². The summed E-state index contributed by atoms with van der Waals surface area (Å²) in [4.78, 5) is 15.9. The van der Waals surface area contributed by atoms with Crippen LogP contribution in [0.15, 0.2) is 29.1 Å². The van der Waals surface area contributed by atoms with Crippen LogP contribution in [0.4, 0.5) is 0 Å². The van der Waals surface area contributed by atoms with Gasteiger partial charge in [0, 0.05) is 25.7 Å². The monoisotopic (exact) mass is 427 g/mol. The molecule has 5 rings (SSSR count). The van der Waals surface area contributed by atoms with Gasteiger partial charge in [-0.05, 0) is 67.4 Å². The quantitative estimate of drug-likeness (QED) is 0.744. The first-order chi connectivity index (χ1) is 14.9. The predicted octanol–water partition coefficient (Wildman–Crippen LogP) is 2.87. The highest BCUT2D eigenvalue weighted by Crippen LogP contribution is 2.59.